The first-order valence-corrected chi connectivity index (χ1v) is 19.3. The SMILES string of the molecule is c1ccc(-c2cc(-c3ccccc3-c3ccccc3-c3c(-c4nc(-c5ccccc5)nc(-c5ccccc5)n4)ccc4ccccc34)nc(-c3ccccc3)n2)cc1. The van der Waals surface area contributed by atoms with Crippen LogP contribution in [0.3, 0.4) is 0 Å². The third-order valence-corrected chi connectivity index (χ3v) is 10.4. The normalized spacial score (nSPS) is 11.1. The molecule has 0 spiro atoms. The molecule has 0 atom stereocenters. The summed E-state index contributed by atoms with van der Waals surface area (Å²) in [5.74, 6) is 2.52. The van der Waals surface area contributed by atoms with E-state index in [9.17, 15) is 0 Å². The Balaban J connectivity index is 1.21. The van der Waals surface area contributed by atoms with Crippen LogP contribution < -0.4 is 0 Å². The molecule has 0 radical (unpaired) electrons. The molecule has 5 nitrogen and oxygen atoms in total. The molecule has 8 aromatic carbocycles. The number of nitrogens with zero attached hydrogens (tertiary/aromatic N) is 5. The van der Waals surface area contributed by atoms with Crippen LogP contribution >= 0.6 is 0 Å². The average Bonchev–Trinajstić information content (AvgIpc) is 3.32. The average molecular weight is 742 g/mol. The maximum absolute atomic E-state index is 5.24. The van der Waals surface area contributed by atoms with Crippen LogP contribution in [0.1, 0.15) is 0 Å². The lowest BCUT2D eigenvalue weighted by atomic mass is 9.86. The first kappa shape index (κ1) is 34.6. The van der Waals surface area contributed by atoms with Gasteiger partial charge in [0.1, 0.15) is 0 Å². The molecule has 272 valence electrons. The summed E-state index contributed by atoms with van der Waals surface area (Å²) < 4.78 is 0. The van der Waals surface area contributed by atoms with Gasteiger partial charge in [0.05, 0.1) is 11.4 Å². The molecule has 0 saturated heterocycles. The van der Waals surface area contributed by atoms with Gasteiger partial charge in [-0.2, -0.15) is 0 Å². The van der Waals surface area contributed by atoms with Crippen molar-refractivity contribution in [3.05, 3.63) is 212 Å². The highest BCUT2D eigenvalue weighted by Gasteiger charge is 2.22. The minimum Gasteiger partial charge on any atom is -0.228 e. The van der Waals surface area contributed by atoms with Gasteiger partial charge in [0.25, 0.3) is 0 Å². The van der Waals surface area contributed by atoms with Crippen molar-refractivity contribution in [2.24, 2.45) is 0 Å². The minimum absolute atomic E-state index is 0.604. The van der Waals surface area contributed by atoms with Gasteiger partial charge in [0, 0.05) is 38.9 Å². The molecule has 0 aliphatic heterocycles. The molecule has 0 N–H and O–H groups in total. The van der Waals surface area contributed by atoms with Crippen molar-refractivity contribution in [2.45, 2.75) is 0 Å². The zero-order chi connectivity index (χ0) is 38.7. The quantitative estimate of drug-likeness (QED) is 0.155. The predicted molar refractivity (Wildman–Crippen MR) is 236 cm³/mol. The van der Waals surface area contributed by atoms with Gasteiger partial charge in [-0.1, -0.05) is 200 Å². The molecular weight excluding hydrogens is 707 g/mol. The molecule has 58 heavy (non-hydrogen) atoms. The maximum Gasteiger partial charge on any atom is 0.164 e. The van der Waals surface area contributed by atoms with Crippen LogP contribution in [-0.4, -0.2) is 24.9 Å². The molecule has 10 aromatic rings. The van der Waals surface area contributed by atoms with Crippen molar-refractivity contribution in [2.75, 3.05) is 0 Å². The van der Waals surface area contributed by atoms with Gasteiger partial charge >= 0.3 is 0 Å². The van der Waals surface area contributed by atoms with Crippen molar-refractivity contribution in [3.8, 4) is 90.3 Å². The molecule has 0 aliphatic carbocycles. The molecule has 2 aromatic heterocycles. The maximum atomic E-state index is 5.24. The second-order valence-corrected chi connectivity index (χ2v) is 14.0. The number of rotatable bonds is 8. The molecule has 2 heterocycles. The zero-order valence-electron chi connectivity index (χ0n) is 31.4. The highest BCUT2D eigenvalue weighted by Crippen LogP contribution is 2.44. The van der Waals surface area contributed by atoms with Gasteiger partial charge in [0.15, 0.2) is 23.3 Å². The summed E-state index contributed by atoms with van der Waals surface area (Å²) in [5.41, 5.74) is 11.7. The minimum atomic E-state index is 0.604. The molecule has 0 aliphatic rings. The van der Waals surface area contributed by atoms with E-state index in [1.807, 2.05) is 97.1 Å². The Morgan fingerprint density at radius 2 is 0.655 bits per heavy atom. The fourth-order valence-corrected chi connectivity index (χ4v) is 7.61. The second kappa shape index (κ2) is 15.3. The Morgan fingerprint density at radius 1 is 0.241 bits per heavy atom. The van der Waals surface area contributed by atoms with Crippen LogP contribution in [0.25, 0.3) is 101 Å². The molecule has 0 unspecified atom stereocenters. The van der Waals surface area contributed by atoms with Crippen molar-refractivity contribution < 1.29 is 0 Å². The van der Waals surface area contributed by atoms with E-state index in [0.717, 1.165) is 77.8 Å². The van der Waals surface area contributed by atoms with Gasteiger partial charge in [-0.15, -0.1) is 0 Å². The molecule has 5 heteroatoms. The predicted octanol–water partition coefficient (Wildman–Crippen LogP) is 13.2. The van der Waals surface area contributed by atoms with Gasteiger partial charge in [-0.3, -0.25) is 0 Å². The Morgan fingerprint density at radius 3 is 1.24 bits per heavy atom. The van der Waals surface area contributed by atoms with Crippen molar-refractivity contribution in [3.63, 3.8) is 0 Å². The van der Waals surface area contributed by atoms with Crippen LogP contribution in [0, 0.1) is 0 Å². The summed E-state index contributed by atoms with van der Waals surface area (Å²) in [6.07, 6.45) is 0. The molecule has 0 saturated carbocycles. The fourth-order valence-electron chi connectivity index (χ4n) is 7.61. The van der Waals surface area contributed by atoms with E-state index < -0.39 is 0 Å². The monoisotopic (exact) mass is 741 g/mol. The molecular formula is C53H35N5. The van der Waals surface area contributed by atoms with Crippen molar-refractivity contribution in [1.29, 1.82) is 0 Å². The number of hydrogen-bond donors (Lipinski definition) is 0. The number of benzene rings is 8. The highest BCUT2D eigenvalue weighted by atomic mass is 15.0. The summed E-state index contributed by atoms with van der Waals surface area (Å²) in [4.78, 5) is 25.7. The smallest absolute Gasteiger partial charge is 0.164 e. The number of aromatic nitrogens is 5. The molecule has 0 fully saturated rings. The van der Waals surface area contributed by atoms with Crippen LogP contribution in [0.5, 0.6) is 0 Å². The summed E-state index contributed by atoms with van der Waals surface area (Å²) in [7, 11) is 0. The fraction of sp³-hybridized carbons (Fsp3) is 0. The van der Waals surface area contributed by atoms with E-state index in [2.05, 4.69) is 115 Å². The van der Waals surface area contributed by atoms with Crippen LogP contribution in [-0.2, 0) is 0 Å². The van der Waals surface area contributed by atoms with Crippen LogP contribution in [0.4, 0.5) is 0 Å². The van der Waals surface area contributed by atoms with E-state index in [-0.39, 0.29) is 0 Å². The van der Waals surface area contributed by atoms with Crippen molar-refractivity contribution >= 4 is 10.8 Å². The summed E-state index contributed by atoms with van der Waals surface area (Å²) >= 11 is 0. The van der Waals surface area contributed by atoms with E-state index in [4.69, 9.17) is 24.9 Å². The Hall–Kier alpha value is -7.89. The van der Waals surface area contributed by atoms with E-state index in [1.54, 1.807) is 0 Å². The van der Waals surface area contributed by atoms with Gasteiger partial charge in [0.2, 0.25) is 0 Å². The highest BCUT2D eigenvalue weighted by molar-refractivity contribution is 6.07. The van der Waals surface area contributed by atoms with Crippen molar-refractivity contribution in [1.82, 2.24) is 24.9 Å². The zero-order valence-corrected chi connectivity index (χ0v) is 31.4. The van der Waals surface area contributed by atoms with Crippen LogP contribution in [0.15, 0.2) is 212 Å². The Labute approximate surface area is 337 Å². The third kappa shape index (κ3) is 6.71. The first-order valence-electron chi connectivity index (χ1n) is 19.3. The largest absolute Gasteiger partial charge is 0.228 e. The summed E-state index contributed by atoms with van der Waals surface area (Å²) in [6.45, 7) is 0. The van der Waals surface area contributed by atoms with Gasteiger partial charge in [-0.05, 0) is 39.6 Å². The van der Waals surface area contributed by atoms with E-state index >= 15 is 0 Å². The first-order chi connectivity index (χ1) is 28.8. The lowest BCUT2D eigenvalue weighted by molar-refractivity contribution is 1.07. The van der Waals surface area contributed by atoms with E-state index in [1.165, 1.54) is 0 Å². The number of hydrogen-bond acceptors (Lipinski definition) is 5. The van der Waals surface area contributed by atoms with E-state index in [0.29, 0.717) is 23.3 Å². The Kier molecular flexibility index (Phi) is 9.14. The molecule has 10 rings (SSSR count). The topological polar surface area (TPSA) is 64.5 Å². The van der Waals surface area contributed by atoms with Gasteiger partial charge in [-0.25, -0.2) is 24.9 Å². The summed E-state index contributed by atoms with van der Waals surface area (Å²) in [6, 6.07) is 72.8. The Bertz CT molecular complexity index is 2930. The summed E-state index contributed by atoms with van der Waals surface area (Å²) in [5, 5.41) is 2.23. The molecule has 0 bridgehead atoms. The van der Waals surface area contributed by atoms with Crippen LogP contribution in [0.2, 0.25) is 0 Å². The second-order valence-electron chi connectivity index (χ2n) is 14.0. The standard InChI is InChI=1S/C53H35N5/c1-5-20-37(21-6-1)47-35-48(55-50(54-47)38-22-7-2-8-23-38)44-31-17-15-29-42(44)43-30-16-18-32-45(43)49-41-28-14-13-19-36(41)33-34-46(49)53-57-51(39-24-9-3-10-25-39)56-52(58-53)40-26-11-4-12-27-40/h1-35H. The van der Waals surface area contributed by atoms with Gasteiger partial charge < -0.3 is 0 Å². The molecule has 0 amide bonds. The third-order valence-electron chi connectivity index (χ3n) is 10.4. The number of fused-ring (bicyclic) bond motifs is 1. The lowest BCUT2D eigenvalue weighted by Gasteiger charge is -2.19. The lowest BCUT2D eigenvalue weighted by Crippen LogP contribution is -2.02.